The van der Waals surface area contributed by atoms with Gasteiger partial charge in [0.05, 0.1) is 18.6 Å². The molecular formula is C24H30ClNO3. The number of likely N-dealkylation sites (tertiary alicyclic amines) is 1. The molecule has 0 bridgehead atoms. The molecule has 2 aromatic carbocycles. The van der Waals surface area contributed by atoms with Gasteiger partial charge in [0.15, 0.2) is 0 Å². The highest BCUT2D eigenvalue weighted by atomic mass is 35.5. The number of benzene rings is 2. The second-order valence-electron chi connectivity index (χ2n) is 7.77. The van der Waals surface area contributed by atoms with Gasteiger partial charge in [0.1, 0.15) is 5.75 Å². The van der Waals surface area contributed by atoms with Gasteiger partial charge >= 0.3 is 5.97 Å². The van der Waals surface area contributed by atoms with Crippen LogP contribution in [0.2, 0.25) is 5.02 Å². The van der Waals surface area contributed by atoms with Crippen LogP contribution < -0.4 is 4.74 Å². The Kier molecular flexibility index (Phi) is 7.57. The van der Waals surface area contributed by atoms with E-state index in [9.17, 15) is 4.79 Å². The Balaban J connectivity index is 1.59. The molecule has 0 aliphatic carbocycles. The van der Waals surface area contributed by atoms with Crippen molar-refractivity contribution in [1.82, 2.24) is 4.90 Å². The van der Waals surface area contributed by atoms with Crippen molar-refractivity contribution in [2.75, 3.05) is 26.3 Å². The maximum Gasteiger partial charge on any atom is 0.312 e. The van der Waals surface area contributed by atoms with Gasteiger partial charge in [0, 0.05) is 11.6 Å². The lowest BCUT2D eigenvalue weighted by Gasteiger charge is -2.40. The monoisotopic (exact) mass is 415 g/mol. The minimum Gasteiger partial charge on any atom is -0.494 e. The van der Waals surface area contributed by atoms with Gasteiger partial charge < -0.3 is 9.47 Å². The van der Waals surface area contributed by atoms with Crippen molar-refractivity contribution in [3.05, 3.63) is 64.7 Å². The summed E-state index contributed by atoms with van der Waals surface area (Å²) in [5, 5.41) is 0.804. The largest absolute Gasteiger partial charge is 0.494 e. The van der Waals surface area contributed by atoms with Crippen LogP contribution in [0.25, 0.3) is 0 Å². The van der Waals surface area contributed by atoms with Crippen LogP contribution in [0.4, 0.5) is 0 Å². The van der Waals surface area contributed by atoms with Crippen LogP contribution in [-0.4, -0.2) is 37.2 Å². The highest BCUT2D eigenvalue weighted by molar-refractivity contribution is 6.31. The molecule has 0 spiro atoms. The number of hydrogen-bond donors (Lipinski definition) is 0. The molecule has 1 aliphatic heterocycles. The van der Waals surface area contributed by atoms with Crippen LogP contribution in [-0.2, 0) is 16.1 Å². The minimum atomic E-state index is -0.466. The summed E-state index contributed by atoms with van der Waals surface area (Å²) in [4.78, 5) is 15.2. The summed E-state index contributed by atoms with van der Waals surface area (Å²) in [6.07, 6.45) is 2.23. The van der Waals surface area contributed by atoms with Crippen LogP contribution in [0.1, 0.15) is 37.3 Å². The predicted molar refractivity (Wildman–Crippen MR) is 116 cm³/mol. The first-order valence-electron chi connectivity index (χ1n) is 10.3. The molecule has 1 saturated heterocycles. The first-order valence-corrected chi connectivity index (χ1v) is 10.7. The molecule has 3 rings (SSSR count). The van der Waals surface area contributed by atoms with Gasteiger partial charge in [0.2, 0.25) is 0 Å². The third kappa shape index (κ3) is 5.74. The quantitative estimate of drug-likeness (QED) is 0.551. The Morgan fingerprint density at radius 2 is 1.86 bits per heavy atom. The van der Waals surface area contributed by atoms with Gasteiger partial charge in [-0.1, -0.05) is 41.9 Å². The molecule has 0 N–H and O–H groups in total. The van der Waals surface area contributed by atoms with Gasteiger partial charge in [-0.15, -0.1) is 0 Å². The number of rotatable bonds is 8. The summed E-state index contributed by atoms with van der Waals surface area (Å²) < 4.78 is 11.3. The van der Waals surface area contributed by atoms with E-state index in [4.69, 9.17) is 21.1 Å². The second kappa shape index (κ2) is 10.1. The third-order valence-corrected chi connectivity index (χ3v) is 6.16. The van der Waals surface area contributed by atoms with Crippen molar-refractivity contribution in [3.8, 4) is 5.75 Å². The Bertz CT molecular complexity index is 801. The SMILES string of the molecule is CCOC(=O)C1(CCOc2ccccc2)CCN(Cc2ccc(C)c(Cl)c2)CC1. The number of hydrogen-bond acceptors (Lipinski definition) is 4. The lowest BCUT2D eigenvalue weighted by atomic mass is 9.75. The second-order valence-corrected chi connectivity index (χ2v) is 8.18. The highest BCUT2D eigenvalue weighted by Crippen LogP contribution is 2.37. The average Bonchev–Trinajstić information content (AvgIpc) is 2.73. The average molecular weight is 416 g/mol. The van der Waals surface area contributed by atoms with Crippen molar-refractivity contribution >= 4 is 17.6 Å². The number of piperidine rings is 1. The van der Waals surface area contributed by atoms with Crippen LogP contribution >= 0.6 is 11.6 Å². The maximum absolute atomic E-state index is 12.8. The molecule has 4 nitrogen and oxygen atoms in total. The van der Waals surface area contributed by atoms with E-state index in [2.05, 4.69) is 17.0 Å². The molecular weight excluding hydrogens is 386 g/mol. The molecule has 0 aromatic heterocycles. The summed E-state index contributed by atoms with van der Waals surface area (Å²) in [5.41, 5.74) is 1.83. The van der Waals surface area contributed by atoms with Gasteiger partial charge in [-0.25, -0.2) is 0 Å². The summed E-state index contributed by atoms with van der Waals surface area (Å²) in [6, 6.07) is 16.0. The lowest BCUT2D eigenvalue weighted by Crippen LogP contribution is -2.45. The lowest BCUT2D eigenvalue weighted by molar-refractivity contribution is -0.159. The standard InChI is InChI=1S/C24H30ClNO3/c1-3-28-23(27)24(13-16-29-21-7-5-4-6-8-21)11-14-26(15-12-24)18-20-10-9-19(2)22(25)17-20/h4-10,17H,3,11-16,18H2,1-2H3. The summed E-state index contributed by atoms with van der Waals surface area (Å²) in [6.45, 7) is 7.35. The zero-order valence-corrected chi connectivity index (χ0v) is 18.1. The van der Waals surface area contributed by atoms with E-state index in [0.717, 1.165) is 48.8 Å². The van der Waals surface area contributed by atoms with Gasteiger partial charge in [-0.3, -0.25) is 9.69 Å². The fourth-order valence-corrected chi connectivity index (χ4v) is 4.06. The predicted octanol–water partition coefficient (Wildman–Crippen LogP) is 5.26. The van der Waals surface area contributed by atoms with E-state index in [1.807, 2.05) is 50.2 Å². The number of esters is 1. The first-order chi connectivity index (χ1) is 14.0. The molecule has 0 amide bonds. The highest BCUT2D eigenvalue weighted by Gasteiger charge is 2.42. The molecule has 2 aromatic rings. The third-order valence-electron chi connectivity index (χ3n) is 5.76. The zero-order valence-electron chi connectivity index (χ0n) is 17.3. The molecule has 0 saturated carbocycles. The summed E-state index contributed by atoms with van der Waals surface area (Å²) in [7, 11) is 0. The van der Waals surface area contributed by atoms with Crippen molar-refractivity contribution < 1.29 is 14.3 Å². The number of ether oxygens (including phenoxy) is 2. The van der Waals surface area contributed by atoms with E-state index < -0.39 is 5.41 Å². The van der Waals surface area contributed by atoms with E-state index in [0.29, 0.717) is 19.6 Å². The summed E-state index contributed by atoms with van der Waals surface area (Å²) >= 11 is 6.27. The zero-order chi connectivity index (χ0) is 20.7. The van der Waals surface area contributed by atoms with E-state index in [-0.39, 0.29) is 5.97 Å². The smallest absolute Gasteiger partial charge is 0.312 e. The van der Waals surface area contributed by atoms with Crippen LogP contribution in [0.15, 0.2) is 48.5 Å². The van der Waals surface area contributed by atoms with Gasteiger partial charge in [-0.2, -0.15) is 0 Å². The molecule has 5 heteroatoms. The van der Waals surface area contributed by atoms with Gasteiger partial charge in [0.25, 0.3) is 0 Å². The molecule has 1 heterocycles. The molecule has 0 atom stereocenters. The fraction of sp³-hybridized carbons (Fsp3) is 0.458. The van der Waals surface area contributed by atoms with E-state index in [1.54, 1.807) is 0 Å². The van der Waals surface area contributed by atoms with Crippen LogP contribution in [0.5, 0.6) is 5.75 Å². The Morgan fingerprint density at radius 3 is 2.52 bits per heavy atom. The normalized spacial score (nSPS) is 16.4. The number of carbonyl (C=O) groups is 1. The fourth-order valence-electron chi connectivity index (χ4n) is 3.85. The van der Waals surface area contributed by atoms with Crippen LogP contribution in [0, 0.1) is 12.3 Å². The van der Waals surface area contributed by atoms with Crippen molar-refractivity contribution in [2.24, 2.45) is 5.41 Å². The number of carbonyl (C=O) groups excluding carboxylic acids is 1. The number of aryl methyl sites for hydroxylation is 1. The number of halogens is 1. The molecule has 29 heavy (non-hydrogen) atoms. The Morgan fingerprint density at radius 1 is 1.14 bits per heavy atom. The first kappa shape index (κ1) is 21.7. The van der Waals surface area contributed by atoms with Crippen molar-refractivity contribution in [3.63, 3.8) is 0 Å². The minimum absolute atomic E-state index is 0.0882. The van der Waals surface area contributed by atoms with Crippen LogP contribution in [0.3, 0.4) is 0 Å². The van der Waals surface area contributed by atoms with Gasteiger partial charge in [-0.05, 0) is 75.5 Å². The molecule has 0 radical (unpaired) electrons. The number of para-hydroxylation sites is 1. The Labute approximate surface area is 178 Å². The maximum atomic E-state index is 12.8. The van der Waals surface area contributed by atoms with E-state index in [1.165, 1.54) is 5.56 Å². The molecule has 0 unspecified atom stereocenters. The Hall–Kier alpha value is -2.04. The molecule has 1 aliphatic rings. The number of nitrogens with zero attached hydrogens (tertiary/aromatic N) is 1. The van der Waals surface area contributed by atoms with E-state index >= 15 is 0 Å². The summed E-state index contributed by atoms with van der Waals surface area (Å²) in [5.74, 6) is 0.745. The topological polar surface area (TPSA) is 38.8 Å². The molecule has 1 fully saturated rings. The van der Waals surface area contributed by atoms with Crippen molar-refractivity contribution in [1.29, 1.82) is 0 Å². The molecule has 156 valence electrons. The van der Waals surface area contributed by atoms with Crippen molar-refractivity contribution in [2.45, 2.75) is 39.7 Å².